The van der Waals surface area contributed by atoms with Crippen molar-refractivity contribution in [3.63, 3.8) is 0 Å². The fourth-order valence-electron chi connectivity index (χ4n) is 3.19. The summed E-state index contributed by atoms with van der Waals surface area (Å²) in [6.07, 6.45) is 3.82. The molecule has 3 aromatic heterocycles. The quantitative estimate of drug-likeness (QED) is 0.353. The molecule has 9 heteroatoms. The number of halogens is 1. The topological polar surface area (TPSA) is 95.3 Å². The second-order valence-electron chi connectivity index (χ2n) is 6.64. The smallest absolute Gasteiger partial charge is 0.222 e. The Bertz CT molecular complexity index is 1280. The summed E-state index contributed by atoms with van der Waals surface area (Å²) in [7, 11) is 0. The van der Waals surface area contributed by atoms with Crippen molar-refractivity contribution < 1.29 is 9.90 Å². The average Bonchev–Trinajstić information content (AvgIpc) is 3.41. The zero-order valence-corrected chi connectivity index (χ0v) is 17.8. The molecular weight excluding hydrogens is 434 g/mol. The molecule has 1 unspecified atom stereocenters. The summed E-state index contributed by atoms with van der Waals surface area (Å²) >= 11 is 7.33. The SMILES string of the molecule is [C-]#[N+]c1c(-c2ccnc(NC(C)=O)c2)sc(-c2ncc[nH]2)c1C(O)c1ccc(Cl)cc1. The van der Waals surface area contributed by atoms with Crippen molar-refractivity contribution >= 4 is 40.4 Å². The number of anilines is 1. The monoisotopic (exact) mass is 449 g/mol. The molecule has 0 aliphatic heterocycles. The van der Waals surface area contributed by atoms with E-state index in [4.69, 9.17) is 18.2 Å². The molecule has 31 heavy (non-hydrogen) atoms. The van der Waals surface area contributed by atoms with E-state index in [0.717, 1.165) is 0 Å². The average molecular weight is 450 g/mol. The predicted octanol–water partition coefficient (Wildman–Crippen LogP) is 5.44. The molecular formula is C22H16ClN5O2S. The Morgan fingerprint density at radius 2 is 2.00 bits per heavy atom. The summed E-state index contributed by atoms with van der Waals surface area (Å²) in [5.74, 6) is 0.699. The molecule has 0 aliphatic carbocycles. The molecule has 154 valence electrons. The van der Waals surface area contributed by atoms with Gasteiger partial charge in [-0.2, -0.15) is 0 Å². The fourth-order valence-corrected chi connectivity index (χ4v) is 4.55. The van der Waals surface area contributed by atoms with Gasteiger partial charge in [0.05, 0.1) is 17.6 Å². The minimum atomic E-state index is -1.05. The number of rotatable bonds is 5. The number of amides is 1. The highest BCUT2D eigenvalue weighted by atomic mass is 35.5. The molecule has 0 aliphatic rings. The first kappa shape index (κ1) is 20.8. The van der Waals surface area contributed by atoms with Crippen LogP contribution in [0.5, 0.6) is 0 Å². The molecule has 0 bridgehead atoms. The lowest BCUT2D eigenvalue weighted by Gasteiger charge is -2.13. The lowest BCUT2D eigenvalue weighted by molar-refractivity contribution is -0.114. The van der Waals surface area contributed by atoms with E-state index in [0.29, 0.717) is 48.8 Å². The van der Waals surface area contributed by atoms with Crippen LogP contribution >= 0.6 is 22.9 Å². The predicted molar refractivity (Wildman–Crippen MR) is 121 cm³/mol. The van der Waals surface area contributed by atoms with E-state index in [-0.39, 0.29) is 5.91 Å². The van der Waals surface area contributed by atoms with Gasteiger partial charge in [0.15, 0.2) is 0 Å². The van der Waals surface area contributed by atoms with Crippen LogP contribution in [0.3, 0.4) is 0 Å². The second-order valence-corrected chi connectivity index (χ2v) is 8.09. The molecule has 1 atom stereocenters. The zero-order valence-electron chi connectivity index (χ0n) is 16.3. The minimum Gasteiger partial charge on any atom is -0.385 e. The number of H-pyrrole nitrogens is 1. The van der Waals surface area contributed by atoms with E-state index >= 15 is 0 Å². The Hall–Kier alpha value is -3.51. The molecule has 1 amide bonds. The number of carbonyl (C=O) groups is 1. The van der Waals surface area contributed by atoms with Gasteiger partial charge in [-0.3, -0.25) is 4.79 Å². The summed E-state index contributed by atoms with van der Waals surface area (Å²) in [6, 6.07) is 10.3. The van der Waals surface area contributed by atoms with Gasteiger partial charge in [0.25, 0.3) is 0 Å². The number of benzene rings is 1. The zero-order chi connectivity index (χ0) is 22.0. The Balaban J connectivity index is 1.91. The van der Waals surface area contributed by atoms with Crippen LogP contribution in [0.15, 0.2) is 55.0 Å². The minimum absolute atomic E-state index is 0.239. The number of pyridine rings is 1. The van der Waals surface area contributed by atoms with Crippen molar-refractivity contribution in [2.75, 3.05) is 5.32 Å². The van der Waals surface area contributed by atoms with E-state index in [2.05, 4.69) is 25.1 Å². The van der Waals surface area contributed by atoms with Crippen LogP contribution in [0, 0.1) is 6.57 Å². The fraction of sp³-hybridized carbons (Fsp3) is 0.0909. The molecule has 0 saturated heterocycles. The molecule has 0 saturated carbocycles. The number of thiophene rings is 1. The van der Waals surface area contributed by atoms with E-state index in [9.17, 15) is 9.90 Å². The van der Waals surface area contributed by atoms with Gasteiger partial charge in [0.2, 0.25) is 11.6 Å². The molecule has 0 fully saturated rings. The van der Waals surface area contributed by atoms with E-state index in [1.54, 1.807) is 55.0 Å². The number of aromatic nitrogens is 3. The number of carbonyl (C=O) groups excluding carboxylic acids is 1. The second kappa shape index (κ2) is 8.70. The summed E-state index contributed by atoms with van der Waals surface area (Å²) in [6.45, 7) is 9.26. The van der Waals surface area contributed by atoms with Crippen LogP contribution in [0.25, 0.3) is 26.0 Å². The van der Waals surface area contributed by atoms with E-state index < -0.39 is 6.10 Å². The first-order chi connectivity index (χ1) is 15.0. The van der Waals surface area contributed by atoms with Crippen molar-refractivity contribution in [2.24, 2.45) is 0 Å². The highest BCUT2D eigenvalue weighted by Gasteiger charge is 2.28. The van der Waals surface area contributed by atoms with E-state index in [1.165, 1.54) is 18.3 Å². The number of hydrogen-bond donors (Lipinski definition) is 3. The number of hydrogen-bond acceptors (Lipinski definition) is 5. The Labute approximate surface area is 187 Å². The molecule has 1 aromatic carbocycles. The van der Waals surface area contributed by atoms with Crippen LogP contribution in [-0.2, 0) is 4.79 Å². The van der Waals surface area contributed by atoms with Crippen LogP contribution in [0.4, 0.5) is 11.5 Å². The third kappa shape index (κ3) is 4.20. The molecule has 4 rings (SSSR count). The molecule has 4 aromatic rings. The van der Waals surface area contributed by atoms with Gasteiger partial charge in [-0.15, -0.1) is 11.3 Å². The van der Waals surface area contributed by atoms with Crippen LogP contribution in [0.2, 0.25) is 5.02 Å². The summed E-state index contributed by atoms with van der Waals surface area (Å²) in [5.41, 5.74) is 2.10. The third-order valence-corrected chi connectivity index (χ3v) is 6.03. The lowest BCUT2D eigenvalue weighted by atomic mass is 9.99. The van der Waals surface area contributed by atoms with Gasteiger partial charge in [0.1, 0.15) is 11.6 Å². The molecule has 3 heterocycles. The summed E-state index contributed by atoms with van der Waals surface area (Å²) in [5, 5.41) is 14.4. The molecule has 7 nitrogen and oxygen atoms in total. The van der Waals surface area contributed by atoms with Crippen LogP contribution < -0.4 is 5.32 Å². The number of nitrogens with one attached hydrogen (secondary N) is 2. The molecule has 0 spiro atoms. The van der Waals surface area contributed by atoms with Crippen molar-refractivity contribution in [2.45, 2.75) is 13.0 Å². The standard InChI is InChI=1S/C22H16ClN5O2S/c1-12(29)28-16-11-14(7-8-25-16)20-18(24-2)17(21(31-20)22-26-9-10-27-22)19(30)13-3-5-15(23)6-4-13/h3-11,19,30H,1H3,(H,26,27)(H,25,28,29). The maximum atomic E-state index is 11.4. The first-order valence-electron chi connectivity index (χ1n) is 9.19. The normalized spacial score (nSPS) is 11.7. The Morgan fingerprint density at radius 3 is 2.65 bits per heavy atom. The maximum Gasteiger partial charge on any atom is 0.222 e. The van der Waals surface area contributed by atoms with Gasteiger partial charge < -0.3 is 15.4 Å². The number of aromatic amines is 1. The largest absolute Gasteiger partial charge is 0.385 e. The van der Waals surface area contributed by atoms with Gasteiger partial charge in [0, 0.05) is 41.0 Å². The Kier molecular flexibility index (Phi) is 5.82. The van der Waals surface area contributed by atoms with Gasteiger partial charge >= 0.3 is 0 Å². The lowest BCUT2D eigenvalue weighted by Crippen LogP contribution is -2.07. The first-order valence-corrected chi connectivity index (χ1v) is 10.4. The van der Waals surface area contributed by atoms with Crippen molar-refractivity contribution in [1.82, 2.24) is 15.0 Å². The van der Waals surface area contributed by atoms with Crippen molar-refractivity contribution in [3.8, 4) is 21.1 Å². The third-order valence-electron chi connectivity index (χ3n) is 4.53. The number of imidazole rings is 1. The van der Waals surface area contributed by atoms with E-state index in [1.807, 2.05) is 0 Å². The summed E-state index contributed by atoms with van der Waals surface area (Å²) < 4.78 is 0. The molecule has 0 radical (unpaired) electrons. The van der Waals surface area contributed by atoms with Gasteiger partial charge in [-0.25, -0.2) is 14.8 Å². The van der Waals surface area contributed by atoms with Gasteiger partial charge in [-0.1, -0.05) is 23.7 Å². The van der Waals surface area contributed by atoms with Crippen LogP contribution in [-0.4, -0.2) is 26.0 Å². The summed E-state index contributed by atoms with van der Waals surface area (Å²) in [4.78, 5) is 28.0. The number of nitrogens with zero attached hydrogens (tertiary/aromatic N) is 3. The van der Waals surface area contributed by atoms with Crippen molar-refractivity contribution in [1.29, 1.82) is 0 Å². The highest BCUT2D eigenvalue weighted by Crippen LogP contribution is 2.50. The van der Waals surface area contributed by atoms with Crippen LogP contribution in [0.1, 0.15) is 24.2 Å². The number of aliphatic hydroxyl groups is 1. The number of aliphatic hydroxyl groups excluding tert-OH is 1. The Morgan fingerprint density at radius 1 is 1.23 bits per heavy atom. The van der Waals surface area contributed by atoms with Gasteiger partial charge in [-0.05, 0) is 35.4 Å². The molecule has 3 N–H and O–H groups in total. The van der Waals surface area contributed by atoms with Crippen molar-refractivity contribution in [3.05, 3.63) is 82.6 Å². The highest BCUT2D eigenvalue weighted by molar-refractivity contribution is 7.19. The maximum absolute atomic E-state index is 11.4.